The Morgan fingerprint density at radius 1 is 1.11 bits per heavy atom. The lowest BCUT2D eigenvalue weighted by atomic mass is 9.78. The van der Waals surface area contributed by atoms with Crippen molar-refractivity contribution in [2.24, 2.45) is 11.8 Å². The molecule has 0 aromatic rings. The molecule has 1 aliphatic carbocycles. The summed E-state index contributed by atoms with van der Waals surface area (Å²) in [5, 5.41) is 7.70. The molecular weight excluding hydrogens is 236 g/mol. The van der Waals surface area contributed by atoms with Crippen molar-refractivity contribution in [1.29, 1.82) is 0 Å². The Kier molecular flexibility index (Phi) is 4.78. The molecular formula is C16H30N2O. The van der Waals surface area contributed by atoms with E-state index in [2.05, 4.69) is 17.6 Å². The number of ether oxygens (including phenoxy) is 1. The van der Waals surface area contributed by atoms with Gasteiger partial charge in [0.05, 0.1) is 6.61 Å². The first-order chi connectivity index (χ1) is 9.34. The molecule has 110 valence electrons. The smallest absolute Gasteiger partial charge is 0.0509 e. The molecule has 5 atom stereocenters. The molecule has 0 amide bonds. The lowest BCUT2D eigenvalue weighted by Crippen LogP contribution is -2.51. The topological polar surface area (TPSA) is 33.3 Å². The van der Waals surface area contributed by atoms with E-state index in [1.807, 2.05) is 0 Å². The van der Waals surface area contributed by atoms with Crippen LogP contribution in [-0.4, -0.2) is 37.9 Å². The van der Waals surface area contributed by atoms with E-state index < -0.39 is 0 Å². The fraction of sp³-hybridized carbons (Fsp3) is 1.00. The molecule has 2 heterocycles. The van der Waals surface area contributed by atoms with E-state index in [4.69, 9.17) is 4.74 Å². The second kappa shape index (κ2) is 6.55. The lowest BCUT2D eigenvalue weighted by molar-refractivity contribution is 0.160. The van der Waals surface area contributed by atoms with E-state index >= 15 is 0 Å². The standard InChI is InChI=1S/C16H30N2O/c1-12(13-8-10-19-11-13)18-16-6-3-2-5-14(16)15-7-4-9-17-15/h12-18H,2-11H2,1H3. The van der Waals surface area contributed by atoms with Crippen LogP contribution in [0.5, 0.6) is 0 Å². The molecule has 0 aromatic carbocycles. The number of nitrogens with one attached hydrogen (secondary N) is 2. The van der Waals surface area contributed by atoms with Crippen LogP contribution in [0.1, 0.15) is 51.9 Å². The third kappa shape index (κ3) is 3.32. The summed E-state index contributed by atoms with van der Waals surface area (Å²) in [5.74, 6) is 1.60. The van der Waals surface area contributed by atoms with Crippen LogP contribution in [0.25, 0.3) is 0 Å². The minimum Gasteiger partial charge on any atom is -0.381 e. The monoisotopic (exact) mass is 266 g/mol. The van der Waals surface area contributed by atoms with Crippen LogP contribution in [-0.2, 0) is 4.74 Å². The highest BCUT2D eigenvalue weighted by atomic mass is 16.5. The Balaban J connectivity index is 1.56. The molecule has 2 N–H and O–H groups in total. The molecule has 19 heavy (non-hydrogen) atoms. The molecule has 0 spiro atoms. The Morgan fingerprint density at radius 3 is 2.74 bits per heavy atom. The zero-order valence-corrected chi connectivity index (χ0v) is 12.4. The molecule has 3 heteroatoms. The fourth-order valence-electron chi connectivity index (χ4n) is 4.35. The highest BCUT2D eigenvalue weighted by Crippen LogP contribution is 2.31. The van der Waals surface area contributed by atoms with Gasteiger partial charge in [-0.1, -0.05) is 12.8 Å². The van der Waals surface area contributed by atoms with Gasteiger partial charge >= 0.3 is 0 Å². The van der Waals surface area contributed by atoms with Crippen molar-refractivity contribution in [2.75, 3.05) is 19.8 Å². The molecule has 3 nitrogen and oxygen atoms in total. The van der Waals surface area contributed by atoms with Crippen molar-refractivity contribution in [3.8, 4) is 0 Å². The molecule has 3 fully saturated rings. The van der Waals surface area contributed by atoms with Crippen molar-refractivity contribution in [1.82, 2.24) is 10.6 Å². The Hall–Kier alpha value is -0.120. The van der Waals surface area contributed by atoms with Gasteiger partial charge in [-0.05, 0) is 57.4 Å². The van der Waals surface area contributed by atoms with Crippen molar-refractivity contribution in [3.63, 3.8) is 0 Å². The molecule has 5 unspecified atom stereocenters. The van der Waals surface area contributed by atoms with Crippen molar-refractivity contribution < 1.29 is 4.74 Å². The van der Waals surface area contributed by atoms with E-state index in [9.17, 15) is 0 Å². The number of hydrogen-bond acceptors (Lipinski definition) is 3. The van der Waals surface area contributed by atoms with Crippen molar-refractivity contribution in [3.05, 3.63) is 0 Å². The summed E-state index contributed by atoms with van der Waals surface area (Å²) < 4.78 is 5.54. The maximum atomic E-state index is 5.54. The summed E-state index contributed by atoms with van der Waals surface area (Å²) in [6.45, 7) is 5.54. The average Bonchev–Trinajstić information content (AvgIpc) is 3.13. The van der Waals surface area contributed by atoms with Crippen LogP contribution in [0.3, 0.4) is 0 Å². The fourth-order valence-corrected chi connectivity index (χ4v) is 4.35. The Morgan fingerprint density at radius 2 is 2.00 bits per heavy atom. The molecule has 3 rings (SSSR count). The number of hydrogen-bond donors (Lipinski definition) is 2. The zero-order chi connectivity index (χ0) is 13.1. The third-order valence-corrected chi connectivity index (χ3v) is 5.58. The highest BCUT2D eigenvalue weighted by Gasteiger charge is 2.35. The first kappa shape index (κ1) is 13.8. The third-order valence-electron chi connectivity index (χ3n) is 5.58. The minimum absolute atomic E-state index is 0.620. The van der Waals surface area contributed by atoms with Gasteiger partial charge in [0.25, 0.3) is 0 Å². The van der Waals surface area contributed by atoms with E-state index in [1.165, 1.54) is 51.5 Å². The van der Waals surface area contributed by atoms with Gasteiger partial charge in [-0.2, -0.15) is 0 Å². The molecule has 0 bridgehead atoms. The molecule has 1 saturated carbocycles. The summed E-state index contributed by atoms with van der Waals surface area (Å²) in [6.07, 6.45) is 9.65. The minimum atomic E-state index is 0.620. The largest absolute Gasteiger partial charge is 0.381 e. The summed E-state index contributed by atoms with van der Waals surface area (Å²) in [6, 6.07) is 2.14. The van der Waals surface area contributed by atoms with E-state index in [0.717, 1.165) is 37.1 Å². The van der Waals surface area contributed by atoms with Gasteiger partial charge in [0.2, 0.25) is 0 Å². The first-order valence-electron chi connectivity index (χ1n) is 8.42. The molecule has 0 aromatic heterocycles. The first-order valence-corrected chi connectivity index (χ1v) is 8.42. The van der Waals surface area contributed by atoms with Crippen molar-refractivity contribution in [2.45, 2.75) is 70.0 Å². The van der Waals surface area contributed by atoms with Gasteiger partial charge in [-0.3, -0.25) is 0 Å². The van der Waals surface area contributed by atoms with Crippen LogP contribution >= 0.6 is 0 Å². The SMILES string of the molecule is CC(NC1CCCCC1C1CCCN1)C1CCOC1. The lowest BCUT2D eigenvalue weighted by Gasteiger charge is -2.39. The zero-order valence-electron chi connectivity index (χ0n) is 12.4. The van der Waals surface area contributed by atoms with E-state index in [-0.39, 0.29) is 0 Å². The molecule has 2 saturated heterocycles. The second-order valence-corrected chi connectivity index (χ2v) is 6.84. The van der Waals surface area contributed by atoms with Crippen LogP contribution in [0.2, 0.25) is 0 Å². The highest BCUT2D eigenvalue weighted by molar-refractivity contribution is 4.93. The van der Waals surface area contributed by atoms with E-state index in [0.29, 0.717) is 6.04 Å². The van der Waals surface area contributed by atoms with Crippen LogP contribution in [0.15, 0.2) is 0 Å². The summed E-state index contributed by atoms with van der Waals surface area (Å²) >= 11 is 0. The van der Waals surface area contributed by atoms with Gasteiger partial charge in [0, 0.05) is 24.7 Å². The van der Waals surface area contributed by atoms with Crippen LogP contribution in [0, 0.1) is 11.8 Å². The summed E-state index contributed by atoms with van der Waals surface area (Å²) in [7, 11) is 0. The summed E-state index contributed by atoms with van der Waals surface area (Å²) in [4.78, 5) is 0. The predicted octanol–water partition coefficient (Wildman–Crippen LogP) is 2.31. The van der Waals surface area contributed by atoms with Crippen LogP contribution < -0.4 is 10.6 Å². The van der Waals surface area contributed by atoms with E-state index in [1.54, 1.807) is 0 Å². The maximum Gasteiger partial charge on any atom is 0.0509 e. The van der Waals surface area contributed by atoms with Gasteiger partial charge in [-0.15, -0.1) is 0 Å². The molecule has 3 aliphatic rings. The van der Waals surface area contributed by atoms with Crippen molar-refractivity contribution >= 4 is 0 Å². The predicted molar refractivity (Wildman–Crippen MR) is 78.3 cm³/mol. The molecule has 0 radical (unpaired) electrons. The number of rotatable bonds is 4. The molecule has 2 aliphatic heterocycles. The van der Waals surface area contributed by atoms with Crippen LogP contribution in [0.4, 0.5) is 0 Å². The normalized spacial score (nSPS) is 41.5. The summed E-state index contributed by atoms with van der Waals surface area (Å²) in [5.41, 5.74) is 0. The maximum absolute atomic E-state index is 5.54. The quantitative estimate of drug-likeness (QED) is 0.819. The van der Waals surface area contributed by atoms with Gasteiger partial charge in [-0.25, -0.2) is 0 Å². The van der Waals surface area contributed by atoms with Gasteiger partial charge < -0.3 is 15.4 Å². The second-order valence-electron chi connectivity index (χ2n) is 6.84. The average molecular weight is 266 g/mol. The Bertz CT molecular complexity index is 272. The van der Waals surface area contributed by atoms with Gasteiger partial charge in [0.15, 0.2) is 0 Å². The van der Waals surface area contributed by atoms with Gasteiger partial charge in [0.1, 0.15) is 0 Å². The Labute approximate surface area is 117 Å².